The van der Waals surface area contributed by atoms with Gasteiger partial charge in [-0.3, -0.25) is 4.79 Å². The fourth-order valence-electron chi connectivity index (χ4n) is 1.51. The Kier molecular flexibility index (Phi) is 3.19. The van der Waals surface area contributed by atoms with Crippen LogP contribution in [0.25, 0.3) is 0 Å². The van der Waals surface area contributed by atoms with Gasteiger partial charge >= 0.3 is 5.97 Å². The number of benzene rings is 1. The Morgan fingerprint density at radius 1 is 1.50 bits per heavy atom. The molecule has 4 heteroatoms. The van der Waals surface area contributed by atoms with Crippen molar-refractivity contribution >= 4 is 5.97 Å². The molecule has 16 heavy (non-hydrogen) atoms. The number of rotatable bonds is 4. The summed E-state index contributed by atoms with van der Waals surface area (Å²) in [6, 6.07) is 5.67. The quantitative estimate of drug-likeness (QED) is 0.789. The smallest absolute Gasteiger partial charge is 0.323 e. The normalized spacial score (nSPS) is 16.9. The van der Waals surface area contributed by atoms with E-state index < -0.39 is 12.0 Å². The number of halogens is 1. The van der Waals surface area contributed by atoms with E-state index in [9.17, 15) is 9.18 Å². The van der Waals surface area contributed by atoms with Crippen molar-refractivity contribution in [3.8, 4) is 0 Å². The van der Waals surface area contributed by atoms with Crippen molar-refractivity contribution < 1.29 is 13.9 Å². The van der Waals surface area contributed by atoms with Crippen LogP contribution in [0.3, 0.4) is 0 Å². The van der Waals surface area contributed by atoms with E-state index in [2.05, 4.69) is 0 Å². The lowest BCUT2D eigenvalue weighted by molar-refractivity contribution is -0.147. The molecule has 1 fully saturated rings. The number of carbonyl (C=O) groups is 1. The molecule has 0 saturated heterocycles. The molecule has 3 nitrogen and oxygen atoms in total. The van der Waals surface area contributed by atoms with E-state index >= 15 is 0 Å². The predicted molar refractivity (Wildman–Crippen MR) is 56.9 cm³/mol. The second-order valence-electron chi connectivity index (χ2n) is 4.06. The number of carbonyl (C=O) groups excluding carboxylic acids is 1. The maximum absolute atomic E-state index is 13.2. The van der Waals surface area contributed by atoms with Crippen molar-refractivity contribution in [2.45, 2.75) is 25.5 Å². The first-order chi connectivity index (χ1) is 7.68. The summed E-state index contributed by atoms with van der Waals surface area (Å²) in [5.74, 6) is -0.547. The number of esters is 1. The molecule has 1 aromatic carbocycles. The van der Waals surface area contributed by atoms with E-state index in [0.717, 1.165) is 12.8 Å². The molecule has 1 atom stereocenters. The van der Waals surface area contributed by atoms with Crippen LogP contribution < -0.4 is 5.73 Å². The number of ether oxygens (including phenoxy) is 1. The Morgan fingerprint density at radius 3 is 2.81 bits per heavy atom. The zero-order valence-electron chi connectivity index (χ0n) is 8.86. The molecule has 0 spiro atoms. The summed E-state index contributed by atoms with van der Waals surface area (Å²) in [5.41, 5.74) is 6.03. The molecule has 1 aliphatic rings. The van der Waals surface area contributed by atoms with Crippen LogP contribution in [-0.2, 0) is 16.1 Å². The van der Waals surface area contributed by atoms with Crippen molar-refractivity contribution in [2.24, 2.45) is 11.7 Å². The Balaban J connectivity index is 1.87. The molecule has 0 amide bonds. The van der Waals surface area contributed by atoms with Crippen LogP contribution >= 0.6 is 0 Å². The van der Waals surface area contributed by atoms with E-state index in [-0.39, 0.29) is 18.3 Å². The average Bonchev–Trinajstić information content (AvgIpc) is 3.10. The second kappa shape index (κ2) is 4.61. The van der Waals surface area contributed by atoms with Crippen molar-refractivity contribution in [3.63, 3.8) is 0 Å². The maximum Gasteiger partial charge on any atom is 0.323 e. The van der Waals surface area contributed by atoms with E-state index in [4.69, 9.17) is 10.5 Å². The van der Waals surface area contributed by atoms with Gasteiger partial charge in [0.25, 0.3) is 0 Å². The molecule has 1 saturated carbocycles. The van der Waals surface area contributed by atoms with Gasteiger partial charge in [0, 0.05) is 5.56 Å². The Morgan fingerprint density at radius 2 is 2.19 bits per heavy atom. The molecule has 0 aromatic heterocycles. The first-order valence-corrected chi connectivity index (χ1v) is 5.34. The van der Waals surface area contributed by atoms with Crippen molar-refractivity contribution in [1.29, 1.82) is 0 Å². The summed E-state index contributed by atoms with van der Waals surface area (Å²) in [4.78, 5) is 11.4. The van der Waals surface area contributed by atoms with Crippen molar-refractivity contribution in [3.05, 3.63) is 35.6 Å². The third-order valence-electron chi connectivity index (χ3n) is 2.73. The third-order valence-corrected chi connectivity index (χ3v) is 2.73. The minimum Gasteiger partial charge on any atom is -0.460 e. The van der Waals surface area contributed by atoms with Crippen LogP contribution in [0, 0.1) is 11.7 Å². The van der Waals surface area contributed by atoms with Crippen LogP contribution in [-0.4, -0.2) is 12.0 Å². The van der Waals surface area contributed by atoms with Gasteiger partial charge in [-0.15, -0.1) is 0 Å². The summed E-state index contributed by atoms with van der Waals surface area (Å²) >= 11 is 0. The fourth-order valence-corrected chi connectivity index (χ4v) is 1.51. The van der Waals surface area contributed by atoms with Crippen molar-refractivity contribution in [1.82, 2.24) is 0 Å². The fraction of sp³-hybridized carbons (Fsp3) is 0.417. The monoisotopic (exact) mass is 223 g/mol. The van der Waals surface area contributed by atoms with Gasteiger partial charge in [0.05, 0.1) is 0 Å². The first kappa shape index (κ1) is 11.1. The van der Waals surface area contributed by atoms with E-state index in [0.29, 0.717) is 5.56 Å². The highest BCUT2D eigenvalue weighted by Gasteiger charge is 2.34. The minimum atomic E-state index is -0.549. The summed E-state index contributed by atoms with van der Waals surface area (Å²) in [6.45, 7) is -0.0497. The largest absolute Gasteiger partial charge is 0.460 e. The van der Waals surface area contributed by atoms with Gasteiger partial charge in [0.1, 0.15) is 18.5 Å². The molecule has 0 aliphatic heterocycles. The first-order valence-electron chi connectivity index (χ1n) is 5.34. The van der Waals surface area contributed by atoms with Gasteiger partial charge in [-0.05, 0) is 24.8 Å². The Hall–Kier alpha value is -1.42. The molecule has 1 unspecified atom stereocenters. The van der Waals surface area contributed by atoms with E-state index in [1.165, 1.54) is 6.07 Å². The van der Waals surface area contributed by atoms with Gasteiger partial charge < -0.3 is 10.5 Å². The number of nitrogens with two attached hydrogens (primary N) is 1. The highest BCUT2D eigenvalue weighted by molar-refractivity contribution is 5.76. The van der Waals surface area contributed by atoms with E-state index in [1.54, 1.807) is 18.2 Å². The predicted octanol–water partition coefficient (Wildman–Crippen LogP) is 1.61. The van der Waals surface area contributed by atoms with Crippen LogP contribution in [0.4, 0.5) is 4.39 Å². The van der Waals surface area contributed by atoms with Gasteiger partial charge in [-0.25, -0.2) is 4.39 Å². The molecule has 1 aromatic rings. The van der Waals surface area contributed by atoms with Crippen LogP contribution in [0.15, 0.2) is 24.3 Å². The molecular weight excluding hydrogens is 209 g/mol. The molecule has 2 N–H and O–H groups in total. The lowest BCUT2D eigenvalue weighted by atomic mass is 10.2. The molecule has 0 radical (unpaired) electrons. The van der Waals surface area contributed by atoms with Crippen molar-refractivity contribution in [2.75, 3.05) is 0 Å². The summed E-state index contributed by atoms with van der Waals surface area (Å²) < 4.78 is 18.2. The molecule has 0 heterocycles. The number of hydrogen-bond acceptors (Lipinski definition) is 3. The molecular formula is C12H14FNO2. The summed E-state index contributed by atoms with van der Waals surface area (Å²) in [7, 11) is 0. The Bertz CT molecular complexity index is 390. The van der Waals surface area contributed by atoms with Crippen LogP contribution in [0.2, 0.25) is 0 Å². The lowest BCUT2D eigenvalue weighted by Crippen LogP contribution is -2.34. The van der Waals surface area contributed by atoms with Gasteiger partial charge in [0.15, 0.2) is 0 Å². The second-order valence-corrected chi connectivity index (χ2v) is 4.06. The highest BCUT2D eigenvalue weighted by Crippen LogP contribution is 2.32. The lowest BCUT2D eigenvalue weighted by Gasteiger charge is -2.10. The standard InChI is InChI=1S/C12H14FNO2/c13-10-4-2-1-3-9(10)7-16-12(15)11(14)8-5-6-8/h1-4,8,11H,5-7,14H2. The average molecular weight is 223 g/mol. The van der Waals surface area contributed by atoms with Crippen LogP contribution in [0.1, 0.15) is 18.4 Å². The SMILES string of the molecule is NC(C(=O)OCc1ccccc1F)C1CC1. The topological polar surface area (TPSA) is 52.3 Å². The van der Waals surface area contributed by atoms with Gasteiger partial charge in [-0.1, -0.05) is 18.2 Å². The Labute approximate surface area is 93.4 Å². The highest BCUT2D eigenvalue weighted by atomic mass is 19.1. The van der Waals surface area contributed by atoms with Gasteiger partial charge in [-0.2, -0.15) is 0 Å². The molecule has 0 bridgehead atoms. The summed E-state index contributed by atoms with van der Waals surface area (Å²) in [5, 5.41) is 0. The number of hydrogen-bond donors (Lipinski definition) is 1. The van der Waals surface area contributed by atoms with E-state index in [1.807, 2.05) is 0 Å². The maximum atomic E-state index is 13.2. The molecule has 1 aliphatic carbocycles. The zero-order valence-corrected chi connectivity index (χ0v) is 8.86. The van der Waals surface area contributed by atoms with Gasteiger partial charge in [0.2, 0.25) is 0 Å². The third kappa shape index (κ3) is 2.58. The van der Waals surface area contributed by atoms with Crippen LogP contribution in [0.5, 0.6) is 0 Å². The minimum absolute atomic E-state index is 0.0497. The zero-order chi connectivity index (χ0) is 11.5. The molecule has 86 valence electrons. The molecule has 2 rings (SSSR count). The summed E-state index contributed by atoms with van der Waals surface area (Å²) in [6.07, 6.45) is 1.96.